The topological polar surface area (TPSA) is 78.4 Å². The fourth-order valence-electron chi connectivity index (χ4n) is 5.79. The molecule has 7 nitrogen and oxygen atoms in total. The van der Waals surface area contributed by atoms with E-state index in [0.29, 0.717) is 23.3 Å². The van der Waals surface area contributed by atoms with Crippen LogP contribution in [0.25, 0.3) is 16.8 Å². The van der Waals surface area contributed by atoms with Crippen LogP contribution in [0, 0.1) is 5.92 Å². The Bertz CT molecular complexity index is 1240. The summed E-state index contributed by atoms with van der Waals surface area (Å²) in [6, 6.07) is 8.54. The molecular formula is C31H38ClN5O2. The van der Waals surface area contributed by atoms with Crippen LogP contribution in [0.2, 0.25) is 5.02 Å². The van der Waals surface area contributed by atoms with Crippen molar-refractivity contribution in [3.05, 3.63) is 59.3 Å². The molecule has 3 heterocycles. The molecule has 1 aliphatic carbocycles. The molecule has 2 fully saturated rings. The Balaban J connectivity index is 1.12. The van der Waals surface area contributed by atoms with E-state index in [0.717, 1.165) is 87.9 Å². The van der Waals surface area contributed by atoms with Crippen LogP contribution in [0.5, 0.6) is 0 Å². The minimum Gasteiger partial charge on any atom is -0.351 e. The van der Waals surface area contributed by atoms with Gasteiger partial charge in [0.1, 0.15) is 0 Å². The number of benzene rings is 1. The van der Waals surface area contributed by atoms with E-state index in [4.69, 9.17) is 16.6 Å². The van der Waals surface area contributed by atoms with Crippen LogP contribution in [-0.4, -0.2) is 63.8 Å². The number of aromatic nitrogens is 2. The van der Waals surface area contributed by atoms with Crippen LogP contribution in [0.1, 0.15) is 63.9 Å². The first-order chi connectivity index (χ1) is 19.0. The number of piperidine rings is 2. The van der Waals surface area contributed by atoms with E-state index in [1.807, 2.05) is 21.9 Å². The van der Waals surface area contributed by atoms with E-state index in [1.165, 1.54) is 5.57 Å². The second-order valence-electron chi connectivity index (χ2n) is 10.9. The average Bonchev–Trinajstić information content (AvgIpc) is 2.98. The zero-order chi connectivity index (χ0) is 27.2. The molecule has 1 aromatic carbocycles. The fourth-order valence-corrected chi connectivity index (χ4v) is 5.99. The molecule has 2 aromatic rings. The van der Waals surface area contributed by atoms with Gasteiger partial charge in [-0.25, -0.2) is 9.97 Å². The number of nitrogens with one attached hydrogen (secondary N) is 1. The van der Waals surface area contributed by atoms with Crippen molar-refractivity contribution in [2.45, 2.75) is 64.3 Å². The Morgan fingerprint density at radius 2 is 1.77 bits per heavy atom. The normalized spacial score (nSPS) is 18.7. The Kier molecular flexibility index (Phi) is 8.97. The van der Waals surface area contributed by atoms with Crippen molar-refractivity contribution < 1.29 is 9.59 Å². The minimum absolute atomic E-state index is 0.153. The summed E-state index contributed by atoms with van der Waals surface area (Å²) in [5, 5.41) is 4.01. The van der Waals surface area contributed by atoms with E-state index in [2.05, 4.69) is 40.7 Å². The van der Waals surface area contributed by atoms with Crippen LogP contribution in [-0.2, 0) is 9.59 Å². The molecule has 8 heteroatoms. The van der Waals surface area contributed by atoms with Gasteiger partial charge in [-0.15, -0.1) is 0 Å². The maximum Gasteiger partial charge on any atom is 0.223 e. The van der Waals surface area contributed by atoms with Gasteiger partial charge in [0, 0.05) is 51.1 Å². The number of halogens is 1. The van der Waals surface area contributed by atoms with Gasteiger partial charge in [-0.1, -0.05) is 48.0 Å². The second-order valence-corrected chi connectivity index (χ2v) is 11.3. The molecule has 0 bridgehead atoms. The molecule has 0 atom stereocenters. The lowest BCUT2D eigenvalue weighted by Crippen LogP contribution is -2.43. The van der Waals surface area contributed by atoms with E-state index in [1.54, 1.807) is 13.1 Å². The summed E-state index contributed by atoms with van der Waals surface area (Å²) >= 11 is 6.53. The van der Waals surface area contributed by atoms with Gasteiger partial charge in [0.05, 0.1) is 16.9 Å². The number of amides is 2. The summed E-state index contributed by atoms with van der Waals surface area (Å²) in [5.41, 5.74) is 4.07. The van der Waals surface area contributed by atoms with E-state index < -0.39 is 0 Å². The average molecular weight is 548 g/mol. The smallest absolute Gasteiger partial charge is 0.223 e. The van der Waals surface area contributed by atoms with E-state index in [9.17, 15) is 9.59 Å². The predicted molar refractivity (Wildman–Crippen MR) is 156 cm³/mol. The fraction of sp³-hybridized carbons (Fsp3) is 0.484. The number of hydrogen-bond acceptors (Lipinski definition) is 5. The molecule has 0 spiro atoms. The van der Waals surface area contributed by atoms with Crippen molar-refractivity contribution in [1.82, 2.24) is 19.8 Å². The molecule has 2 aliphatic heterocycles. The predicted octanol–water partition coefficient (Wildman–Crippen LogP) is 5.97. The van der Waals surface area contributed by atoms with Gasteiger partial charge in [0.15, 0.2) is 0 Å². The van der Waals surface area contributed by atoms with Gasteiger partial charge in [-0.05, 0) is 68.1 Å². The molecule has 39 heavy (non-hydrogen) atoms. The number of rotatable bonds is 7. The standard InChI is InChI=1S/C31H38ClN5O2/c1-22(38)36-16-12-23(13-17-36)10-11-29(39)37-18-14-27(15-19-37)34-31-33-21-28(32)30(35-31)26-9-5-8-25(20-26)24-6-3-2-4-7-24/h3,5-9,20-21,23,27H,2,4,10-19H2,1H3,(H,33,34,35). The molecule has 0 unspecified atom stereocenters. The molecule has 1 N–H and O–H groups in total. The first-order valence-corrected chi connectivity index (χ1v) is 14.6. The summed E-state index contributed by atoms with van der Waals surface area (Å²) < 4.78 is 0. The van der Waals surface area contributed by atoms with Gasteiger partial charge >= 0.3 is 0 Å². The van der Waals surface area contributed by atoms with Crippen molar-refractivity contribution in [3.63, 3.8) is 0 Å². The molecule has 5 rings (SSSR count). The Hall–Kier alpha value is -3.19. The van der Waals surface area contributed by atoms with Crippen molar-refractivity contribution in [2.24, 2.45) is 5.92 Å². The van der Waals surface area contributed by atoms with Gasteiger partial charge in [-0.2, -0.15) is 0 Å². The summed E-state index contributed by atoms with van der Waals surface area (Å²) in [4.78, 5) is 37.5. The van der Waals surface area contributed by atoms with E-state index in [-0.39, 0.29) is 17.9 Å². The van der Waals surface area contributed by atoms with Crippen molar-refractivity contribution >= 4 is 34.9 Å². The molecule has 3 aliphatic rings. The number of likely N-dealkylation sites (tertiary alicyclic amines) is 2. The number of carbonyl (C=O) groups excluding carboxylic acids is 2. The molecular weight excluding hydrogens is 510 g/mol. The van der Waals surface area contributed by atoms with Crippen LogP contribution in [0.3, 0.4) is 0 Å². The molecule has 2 saturated heterocycles. The summed E-state index contributed by atoms with van der Waals surface area (Å²) in [6.45, 7) is 4.75. The zero-order valence-corrected chi connectivity index (χ0v) is 23.5. The van der Waals surface area contributed by atoms with Crippen molar-refractivity contribution in [1.29, 1.82) is 0 Å². The highest BCUT2D eigenvalue weighted by Gasteiger charge is 2.26. The SMILES string of the molecule is CC(=O)N1CCC(CCC(=O)N2CCC(Nc3ncc(Cl)c(-c4cccc(C5=CCCC=C5)c4)n3)CC2)CC1. The quantitative estimate of drug-likeness (QED) is 0.462. The summed E-state index contributed by atoms with van der Waals surface area (Å²) in [7, 11) is 0. The lowest BCUT2D eigenvalue weighted by atomic mass is 9.91. The minimum atomic E-state index is 0.153. The van der Waals surface area contributed by atoms with Crippen LogP contribution >= 0.6 is 11.6 Å². The third-order valence-electron chi connectivity index (χ3n) is 8.22. The van der Waals surface area contributed by atoms with E-state index >= 15 is 0 Å². The maximum atomic E-state index is 12.9. The first kappa shape index (κ1) is 27.4. The van der Waals surface area contributed by atoms with Crippen molar-refractivity contribution in [3.8, 4) is 11.3 Å². The Morgan fingerprint density at radius 3 is 2.49 bits per heavy atom. The number of carbonyl (C=O) groups is 2. The third-order valence-corrected chi connectivity index (χ3v) is 8.49. The number of anilines is 1. The Labute approximate surface area is 236 Å². The first-order valence-electron chi connectivity index (χ1n) is 14.3. The maximum absolute atomic E-state index is 12.9. The molecule has 0 radical (unpaired) electrons. The molecule has 0 saturated carbocycles. The molecule has 1 aromatic heterocycles. The Morgan fingerprint density at radius 1 is 1.03 bits per heavy atom. The summed E-state index contributed by atoms with van der Waals surface area (Å²) in [5.74, 6) is 1.51. The largest absolute Gasteiger partial charge is 0.351 e. The van der Waals surface area contributed by atoms with Crippen LogP contribution < -0.4 is 5.32 Å². The highest BCUT2D eigenvalue weighted by Crippen LogP contribution is 2.30. The molecule has 206 valence electrons. The van der Waals surface area contributed by atoms with Gasteiger partial charge in [0.2, 0.25) is 17.8 Å². The summed E-state index contributed by atoms with van der Waals surface area (Å²) in [6.07, 6.45) is 15.7. The molecule has 2 amide bonds. The second kappa shape index (κ2) is 12.8. The van der Waals surface area contributed by atoms with Crippen molar-refractivity contribution in [2.75, 3.05) is 31.5 Å². The lowest BCUT2D eigenvalue weighted by Gasteiger charge is -2.34. The third kappa shape index (κ3) is 7.07. The monoisotopic (exact) mass is 547 g/mol. The number of allylic oxidation sites excluding steroid dienone is 4. The highest BCUT2D eigenvalue weighted by molar-refractivity contribution is 6.32. The van der Waals surface area contributed by atoms with Crippen LogP contribution in [0.15, 0.2) is 48.7 Å². The zero-order valence-electron chi connectivity index (χ0n) is 22.7. The lowest BCUT2D eigenvalue weighted by molar-refractivity contribution is -0.133. The van der Waals surface area contributed by atoms with Crippen LogP contribution in [0.4, 0.5) is 5.95 Å². The number of nitrogens with zero attached hydrogens (tertiary/aromatic N) is 4. The number of hydrogen-bond donors (Lipinski definition) is 1. The van der Waals surface area contributed by atoms with Gasteiger partial charge in [-0.3, -0.25) is 9.59 Å². The van der Waals surface area contributed by atoms with Gasteiger partial charge in [0.25, 0.3) is 0 Å². The highest BCUT2D eigenvalue weighted by atomic mass is 35.5. The van der Waals surface area contributed by atoms with Gasteiger partial charge < -0.3 is 15.1 Å².